The van der Waals surface area contributed by atoms with E-state index in [1.807, 2.05) is 0 Å². The van der Waals surface area contributed by atoms with Crippen molar-refractivity contribution in [3.8, 4) is 0 Å². The van der Waals surface area contributed by atoms with Crippen LogP contribution in [0.3, 0.4) is 0 Å². The Labute approximate surface area is 165 Å². The zero-order valence-corrected chi connectivity index (χ0v) is 14.6. The molecule has 0 aliphatic rings. The lowest BCUT2D eigenvalue weighted by molar-refractivity contribution is -0.433. The van der Waals surface area contributed by atoms with E-state index in [1.54, 1.807) is 0 Å². The smallest absolute Gasteiger partial charge is 0.281 e. The van der Waals surface area contributed by atoms with Gasteiger partial charge in [0.2, 0.25) is 5.12 Å². The molecular weight excluding hydrogens is 497 g/mol. The van der Waals surface area contributed by atoms with Crippen molar-refractivity contribution in [2.75, 3.05) is 0 Å². The fourth-order valence-electron chi connectivity index (χ4n) is 1.71. The van der Waals surface area contributed by atoms with Crippen molar-refractivity contribution in [3.05, 3.63) is 39.9 Å². The Balaban J connectivity index is 3.33. The van der Waals surface area contributed by atoms with E-state index in [-0.39, 0.29) is 0 Å². The van der Waals surface area contributed by atoms with Crippen molar-refractivity contribution in [3.63, 3.8) is 0 Å². The van der Waals surface area contributed by atoms with Gasteiger partial charge in [-0.3, -0.25) is 14.9 Å². The van der Waals surface area contributed by atoms with Crippen molar-refractivity contribution >= 4 is 22.6 Å². The Morgan fingerprint density at radius 2 is 1.10 bits per heavy atom. The Morgan fingerprint density at radius 1 is 0.710 bits per heavy atom. The minimum Gasteiger partial charge on any atom is -0.281 e. The van der Waals surface area contributed by atoms with E-state index in [4.69, 9.17) is 0 Å². The third kappa shape index (κ3) is 4.25. The first-order valence-corrected chi connectivity index (χ1v) is 7.80. The fourth-order valence-corrected chi connectivity index (χ4v) is 2.46. The number of carbonyl (C=O) groups is 1. The lowest BCUT2D eigenvalue weighted by Crippen LogP contribution is -2.69. The number of rotatable bonds is 7. The second kappa shape index (κ2) is 7.70. The number of nitrogens with zero attached hydrogens (tertiary/aromatic N) is 1. The van der Waals surface area contributed by atoms with Gasteiger partial charge < -0.3 is 0 Å². The van der Waals surface area contributed by atoms with E-state index in [2.05, 4.69) is 0 Å². The highest BCUT2D eigenvalue weighted by molar-refractivity contribution is 8.15. The SMILES string of the molecule is O=C(SC(F)(F)C(F)(F)C(F)(F)C(F)(F)C(F)(F)C(F)(F)F)c1ccc([N+](=O)[O-])cc1. The van der Waals surface area contributed by atoms with Gasteiger partial charge in [-0.2, -0.15) is 57.1 Å². The van der Waals surface area contributed by atoms with E-state index in [9.17, 15) is 72.0 Å². The van der Waals surface area contributed by atoms with Gasteiger partial charge in [-0.25, -0.2) is 0 Å². The highest BCUT2D eigenvalue weighted by atomic mass is 32.2. The topological polar surface area (TPSA) is 60.2 Å². The number of carbonyl (C=O) groups excluding carboxylic acids is 1. The predicted molar refractivity (Wildman–Crippen MR) is 75.8 cm³/mol. The molecule has 1 aromatic carbocycles. The second-order valence-corrected chi connectivity index (χ2v) is 6.59. The van der Waals surface area contributed by atoms with Crippen LogP contribution >= 0.6 is 11.8 Å². The van der Waals surface area contributed by atoms with Crippen LogP contribution in [-0.2, 0) is 0 Å². The zero-order valence-electron chi connectivity index (χ0n) is 13.8. The van der Waals surface area contributed by atoms with Crippen LogP contribution in [0, 0.1) is 10.1 Å². The molecule has 0 fully saturated rings. The third-order valence-electron chi connectivity index (χ3n) is 3.44. The number of thioether (sulfide) groups is 1. The molecule has 0 unspecified atom stereocenters. The van der Waals surface area contributed by atoms with Crippen molar-refractivity contribution in [2.24, 2.45) is 0 Å². The molecule has 0 amide bonds. The summed E-state index contributed by atoms with van der Waals surface area (Å²) >= 11 is -2.09. The summed E-state index contributed by atoms with van der Waals surface area (Å²) in [6.45, 7) is 0. The van der Waals surface area contributed by atoms with Crippen molar-refractivity contribution in [1.29, 1.82) is 0 Å². The minimum absolute atomic E-state index is 0.367. The Bertz CT molecular complexity index is 851. The molecule has 1 rings (SSSR count). The second-order valence-electron chi connectivity index (χ2n) is 5.51. The Hall–Kier alpha value is -2.27. The molecule has 0 aromatic heterocycles. The molecule has 0 atom stereocenters. The lowest BCUT2D eigenvalue weighted by Gasteiger charge is -2.39. The Kier molecular flexibility index (Phi) is 6.65. The summed E-state index contributed by atoms with van der Waals surface area (Å²) in [5, 5.41) is 1.48. The van der Waals surface area contributed by atoms with Gasteiger partial charge in [0.15, 0.2) is 0 Å². The van der Waals surface area contributed by atoms with E-state index >= 15 is 0 Å². The summed E-state index contributed by atoms with van der Waals surface area (Å²) < 4.78 is 168. The van der Waals surface area contributed by atoms with Gasteiger partial charge >= 0.3 is 35.1 Å². The van der Waals surface area contributed by atoms with Gasteiger partial charge in [-0.05, 0) is 23.9 Å². The summed E-state index contributed by atoms with van der Waals surface area (Å²) in [5.41, 5.74) is -1.83. The van der Waals surface area contributed by atoms with E-state index in [0.29, 0.717) is 24.3 Å². The highest BCUT2D eigenvalue weighted by Crippen LogP contribution is 2.62. The third-order valence-corrected chi connectivity index (χ3v) is 4.37. The fraction of sp³-hybridized carbons (Fsp3) is 0.462. The number of nitro benzene ring substituents is 1. The van der Waals surface area contributed by atoms with Crippen molar-refractivity contribution < 1.29 is 66.8 Å². The first-order valence-electron chi connectivity index (χ1n) is 6.98. The summed E-state index contributed by atoms with van der Waals surface area (Å²) in [6.07, 6.45) is -7.53. The van der Waals surface area contributed by atoms with Crippen molar-refractivity contribution in [1.82, 2.24) is 0 Å². The van der Waals surface area contributed by atoms with Crippen LogP contribution in [0.25, 0.3) is 0 Å². The first-order chi connectivity index (χ1) is 13.5. The number of nitro groups is 1. The van der Waals surface area contributed by atoms with E-state index < -0.39 is 68.2 Å². The predicted octanol–water partition coefficient (Wildman–Crippen LogP) is 6.16. The van der Waals surface area contributed by atoms with Crippen LogP contribution in [0.4, 0.5) is 62.8 Å². The number of benzene rings is 1. The van der Waals surface area contributed by atoms with Gasteiger partial charge in [0.1, 0.15) is 0 Å². The highest BCUT2D eigenvalue weighted by Gasteiger charge is 2.91. The van der Waals surface area contributed by atoms with Gasteiger partial charge in [-0.15, -0.1) is 0 Å². The van der Waals surface area contributed by atoms with Gasteiger partial charge in [-0.1, -0.05) is 0 Å². The molecule has 18 heteroatoms. The molecule has 4 nitrogen and oxygen atoms in total. The van der Waals surface area contributed by atoms with Crippen LogP contribution in [0.2, 0.25) is 0 Å². The molecule has 0 aliphatic carbocycles. The zero-order chi connectivity index (χ0) is 24.8. The molecule has 31 heavy (non-hydrogen) atoms. The largest absolute Gasteiger partial charge is 0.460 e. The maximum atomic E-state index is 13.6. The summed E-state index contributed by atoms with van der Waals surface area (Å²) in [5.74, 6) is -31.6. The normalized spacial score (nSPS) is 14.5. The molecule has 1 aromatic rings. The molecular formula is C13H4F13NO3S. The standard InChI is InChI=1S/C13H4F13NO3S/c14-8(15,10(18,19)12(22,23)24)9(16,17)11(20,21)13(25,26)31-7(28)5-1-3-6(4-2-5)27(29)30/h1-4H. The number of hydrogen-bond donors (Lipinski definition) is 0. The molecule has 176 valence electrons. The molecule has 0 aliphatic heterocycles. The number of non-ortho nitro benzene ring substituents is 1. The summed E-state index contributed by atoms with van der Waals surface area (Å²) in [7, 11) is 0. The minimum atomic E-state index is -8.07. The molecule has 0 bridgehead atoms. The maximum Gasteiger partial charge on any atom is 0.460 e. The molecule has 0 radical (unpaired) electrons. The van der Waals surface area contributed by atoms with Crippen LogP contribution in [0.1, 0.15) is 10.4 Å². The summed E-state index contributed by atoms with van der Waals surface area (Å²) in [6, 6.07) is 1.67. The lowest BCUT2D eigenvalue weighted by atomic mass is 9.98. The van der Waals surface area contributed by atoms with Gasteiger partial charge in [0.25, 0.3) is 5.69 Å². The van der Waals surface area contributed by atoms with E-state index in [1.165, 1.54) is 0 Å². The van der Waals surface area contributed by atoms with Gasteiger partial charge in [0.05, 0.1) is 4.92 Å². The average molecular weight is 501 g/mol. The quantitative estimate of drug-likeness (QED) is 0.255. The molecule has 0 saturated heterocycles. The van der Waals surface area contributed by atoms with Crippen LogP contribution < -0.4 is 0 Å². The number of alkyl halides is 13. The molecule has 0 heterocycles. The summed E-state index contributed by atoms with van der Waals surface area (Å²) in [4.78, 5) is 20.9. The molecule has 0 spiro atoms. The molecule has 0 N–H and O–H groups in total. The van der Waals surface area contributed by atoms with Crippen LogP contribution in [0.5, 0.6) is 0 Å². The number of hydrogen-bond acceptors (Lipinski definition) is 4. The van der Waals surface area contributed by atoms with E-state index in [0.717, 1.165) is 0 Å². The average Bonchev–Trinajstić information content (AvgIpc) is 2.59. The van der Waals surface area contributed by atoms with Crippen molar-refractivity contribution in [2.45, 2.75) is 35.1 Å². The van der Waals surface area contributed by atoms with Crippen LogP contribution in [-0.4, -0.2) is 45.2 Å². The maximum absolute atomic E-state index is 13.6. The Morgan fingerprint density at radius 3 is 1.45 bits per heavy atom. The monoisotopic (exact) mass is 501 g/mol. The van der Waals surface area contributed by atoms with Gasteiger partial charge in [0, 0.05) is 17.7 Å². The van der Waals surface area contributed by atoms with Crippen LogP contribution in [0.15, 0.2) is 24.3 Å². The molecule has 0 saturated carbocycles. The first kappa shape index (κ1) is 26.8. The number of halogens is 13.